The van der Waals surface area contributed by atoms with Crippen LogP contribution in [0.2, 0.25) is 0 Å². The van der Waals surface area contributed by atoms with E-state index in [0.29, 0.717) is 30.0 Å². The summed E-state index contributed by atoms with van der Waals surface area (Å²) in [5.74, 6) is -2.45. The Morgan fingerprint density at radius 1 is 1.26 bits per heavy atom. The van der Waals surface area contributed by atoms with Gasteiger partial charge in [-0.3, -0.25) is 4.79 Å². The largest absolute Gasteiger partial charge is 0.356 e. The van der Waals surface area contributed by atoms with Crippen LogP contribution < -0.4 is 10.2 Å². The van der Waals surface area contributed by atoms with Gasteiger partial charge in [0.15, 0.2) is 0 Å². The molecule has 0 unspecified atom stereocenters. The van der Waals surface area contributed by atoms with Crippen LogP contribution in [-0.4, -0.2) is 36.2 Å². The highest BCUT2D eigenvalue weighted by Gasteiger charge is 2.33. The van der Waals surface area contributed by atoms with Gasteiger partial charge in [0.25, 0.3) is 5.91 Å². The lowest BCUT2D eigenvalue weighted by atomic mass is 10.1. The zero-order chi connectivity index (χ0) is 19.4. The quantitative estimate of drug-likeness (QED) is 0.746. The van der Waals surface area contributed by atoms with Crippen molar-refractivity contribution in [1.82, 2.24) is 4.98 Å². The van der Waals surface area contributed by atoms with Crippen molar-refractivity contribution >= 4 is 29.2 Å². The normalized spacial score (nSPS) is 16.7. The number of benzene rings is 1. The van der Waals surface area contributed by atoms with Crippen LogP contribution in [0.25, 0.3) is 0 Å². The number of hydrogen-bond donors (Lipinski definition) is 1. The highest BCUT2D eigenvalue weighted by molar-refractivity contribution is 7.98. The van der Waals surface area contributed by atoms with E-state index in [2.05, 4.69) is 10.3 Å². The van der Waals surface area contributed by atoms with Gasteiger partial charge in [0.1, 0.15) is 5.82 Å². The summed E-state index contributed by atoms with van der Waals surface area (Å²) < 4.78 is 27.4. The predicted molar refractivity (Wildman–Crippen MR) is 106 cm³/mol. The Balaban J connectivity index is 1.87. The van der Waals surface area contributed by atoms with E-state index < -0.39 is 5.92 Å². The molecule has 1 aromatic heterocycles. The van der Waals surface area contributed by atoms with Crippen molar-refractivity contribution in [3.05, 3.63) is 47.7 Å². The van der Waals surface area contributed by atoms with Crippen molar-refractivity contribution in [2.24, 2.45) is 0 Å². The smallest absolute Gasteiger partial charge is 0.259 e. The molecule has 0 bridgehead atoms. The number of aromatic nitrogens is 1. The summed E-state index contributed by atoms with van der Waals surface area (Å²) in [6.45, 7) is 2.49. The molecule has 2 heterocycles. The molecule has 0 atom stereocenters. The van der Waals surface area contributed by atoms with Gasteiger partial charge in [0.05, 0.1) is 5.56 Å². The predicted octanol–water partition coefficient (Wildman–Crippen LogP) is 4.99. The summed E-state index contributed by atoms with van der Waals surface area (Å²) in [6, 6.07) is 9.35. The van der Waals surface area contributed by atoms with Crippen LogP contribution in [0.4, 0.5) is 20.3 Å². The van der Waals surface area contributed by atoms with Crippen LogP contribution in [0.1, 0.15) is 35.2 Å². The minimum absolute atomic E-state index is 0.127. The van der Waals surface area contributed by atoms with E-state index in [9.17, 15) is 13.6 Å². The van der Waals surface area contributed by atoms with E-state index in [1.54, 1.807) is 28.9 Å². The molecule has 1 aromatic carbocycles. The number of carbonyl (C=O) groups is 1. The number of pyridine rings is 1. The summed E-state index contributed by atoms with van der Waals surface area (Å²) in [7, 11) is 0. The van der Waals surface area contributed by atoms with Crippen molar-refractivity contribution in [3.63, 3.8) is 0 Å². The van der Waals surface area contributed by atoms with Crippen LogP contribution in [-0.2, 0) is 0 Å². The first-order valence-electron chi connectivity index (χ1n) is 8.93. The average molecular weight is 391 g/mol. The average Bonchev–Trinajstić information content (AvgIpc) is 2.82. The number of thioether (sulfide) groups is 1. The van der Waals surface area contributed by atoms with Gasteiger partial charge in [-0.15, -0.1) is 11.8 Å². The Morgan fingerprint density at radius 2 is 2.07 bits per heavy atom. The second-order valence-electron chi connectivity index (χ2n) is 6.71. The molecular weight excluding hydrogens is 368 g/mol. The van der Waals surface area contributed by atoms with Gasteiger partial charge in [-0.1, -0.05) is 6.07 Å². The highest BCUT2D eigenvalue weighted by atomic mass is 32.2. The standard InChI is InChI=1S/C20H23F2N3OS/c1-14-7-10-23-18(25-11-4-8-20(21,22)9-12-25)17(14)19(26)24-15-5-3-6-16(13-15)27-2/h3,5-7,10,13H,4,8-9,11-12H2,1-2H3,(H,24,26). The second kappa shape index (κ2) is 8.25. The Morgan fingerprint density at radius 3 is 2.85 bits per heavy atom. The molecule has 1 amide bonds. The third-order valence-electron chi connectivity index (χ3n) is 4.71. The minimum atomic E-state index is -2.65. The molecule has 0 saturated carbocycles. The fourth-order valence-corrected chi connectivity index (χ4v) is 3.69. The van der Waals surface area contributed by atoms with Gasteiger partial charge in [-0.05, 0) is 49.4 Å². The molecule has 1 aliphatic heterocycles. The van der Waals surface area contributed by atoms with Gasteiger partial charge < -0.3 is 10.2 Å². The van der Waals surface area contributed by atoms with Gasteiger partial charge >= 0.3 is 0 Å². The molecule has 0 radical (unpaired) electrons. The molecule has 1 fully saturated rings. The Labute approximate surface area is 162 Å². The number of hydrogen-bond acceptors (Lipinski definition) is 4. The number of amides is 1. The Kier molecular flexibility index (Phi) is 5.99. The summed E-state index contributed by atoms with van der Waals surface area (Å²) in [4.78, 5) is 20.2. The summed E-state index contributed by atoms with van der Waals surface area (Å²) in [6.07, 6.45) is 3.62. The number of halogens is 2. The molecule has 3 rings (SSSR count). The van der Waals surface area contributed by atoms with E-state index in [4.69, 9.17) is 0 Å². The van der Waals surface area contributed by atoms with Crippen LogP contribution >= 0.6 is 11.8 Å². The van der Waals surface area contributed by atoms with Crippen molar-refractivity contribution < 1.29 is 13.6 Å². The molecule has 0 aliphatic carbocycles. The molecule has 1 aliphatic rings. The molecule has 4 nitrogen and oxygen atoms in total. The summed E-state index contributed by atoms with van der Waals surface area (Å²) in [5, 5.41) is 2.92. The Bertz CT molecular complexity index is 829. The third kappa shape index (κ3) is 4.77. The third-order valence-corrected chi connectivity index (χ3v) is 5.44. The molecule has 0 spiro atoms. The molecule has 1 N–H and O–H groups in total. The number of nitrogens with one attached hydrogen (secondary N) is 1. The lowest BCUT2D eigenvalue weighted by molar-refractivity contribution is -0.0102. The first-order chi connectivity index (χ1) is 12.9. The summed E-state index contributed by atoms with van der Waals surface area (Å²) in [5.41, 5.74) is 1.91. The van der Waals surface area contributed by atoms with Crippen molar-refractivity contribution in [2.45, 2.75) is 37.0 Å². The first-order valence-corrected chi connectivity index (χ1v) is 10.2. The number of carbonyl (C=O) groups excluding carboxylic acids is 1. The van der Waals surface area contributed by atoms with Gasteiger partial charge in [-0.2, -0.15) is 0 Å². The molecule has 1 saturated heterocycles. The molecule has 2 aromatic rings. The van der Waals surface area contributed by atoms with Crippen molar-refractivity contribution in [2.75, 3.05) is 29.6 Å². The monoisotopic (exact) mass is 391 g/mol. The number of rotatable bonds is 4. The van der Waals surface area contributed by atoms with Gasteiger partial charge in [-0.25, -0.2) is 13.8 Å². The van der Waals surface area contributed by atoms with E-state index in [1.807, 2.05) is 37.4 Å². The van der Waals surface area contributed by atoms with E-state index in [-0.39, 0.29) is 25.3 Å². The van der Waals surface area contributed by atoms with Crippen LogP contribution in [0, 0.1) is 6.92 Å². The zero-order valence-electron chi connectivity index (χ0n) is 15.5. The molecule has 144 valence electrons. The maximum atomic E-state index is 13.7. The second-order valence-corrected chi connectivity index (χ2v) is 7.59. The molecule has 7 heteroatoms. The fraction of sp³-hybridized carbons (Fsp3) is 0.400. The van der Waals surface area contributed by atoms with Crippen molar-refractivity contribution in [3.8, 4) is 0 Å². The number of alkyl halides is 2. The van der Waals surface area contributed by atoms with Crippen molar-refractivity contribution in [1.29, 1.82) is 0 Å². The van der Waals surface area contributed by atoms with Crippen LogP contribution in [0.15, 0.2) is 41.4 Å². The SMILES string of the molecule is CSc1cccc(NC(=O)c2c(C)ccnc2N2CCCC(F)(F)CC2)c1. The van der Waals surface area contributed by atoms with E-state index >= 15 is 0 Å². The topological polar surface area (TPSA) is 45.2 Å². The zero-order valence-corrected chi connectivity index (χ0v) is 16.3. The number of anilines is 2. The number of aryl methyl sites for hydroxylation is 1. The van der Waals surface area contributed by atoms with E-state index in [0.717, 1.165) is 10.5 Å². The lowest BCUT2D eigenvalue weighted by Gasteiger charge is -2.24. The molecule has 27 heavy (non-hydrogen) atoms. The first kappa shape index (κ1) is 19.6. The summed E-state index contributed by atoms with van der Waals surface area (Å²) >= 11 is 1.59. The molecular formula is C20H23F2N3OS. The highest BCUT2D eigenvalue weighted by Crippen LogP contribution is 2.31. The fourth-order valence-electron chi connectivity index (χ4n) is 3.23. The minimum Gasteiger partial charge on any atom is -0.356 e. The van der Waals surface area contributed by atoms with E-state index in [1.165, 1.54) is 0 Å². The Hall–Kier alpha value is -2.15. The van der Waals surface area contributed by atoms with Crippen LogP contribution in [0.5, 0.6) is 0 Å². The number of nitrogens with zero attached hydrogens (tertiary/aromatic N) is 2. The maximum absolute atomic E-state index is 13.7. The lowest BCUT2D eigenvalue weighted by Crippen LogP contribution is -2.29. The van der Waals surface area contributed by atoms with Gasteiger partial charge in [0.2, 0.25) is 5.92 Å². The van der Waals surface area contributed by atoms with Gasteiger partial charge in [0, 0.05) is 42.7 Å². The maximum Gasteiger partial charge on any atom is 0.259 e. The van der Waals surface area contributed by atoms with Crippen LogP contribution in [0.3, 0.4) is 0 Å².